The van der Waals surface area contributed by atoms with E-state index in [4.69, 9.17) is 0 Å². The molecule has 29 heavy (non-hydrogen) atoms. The van der Waals surface area contributed by atoms with Crippen molar-refractivity contribution in [2.75, 3.05) is 18.0 Å². The quantitative estimate of drug-likeness (QED) is 0.674. The molecule has 1 aliphatic rings. The van der Waals surface area contributed by atoms with Gasteiger partial charge in [0, 0.05) is 25.7 Å². The molecule has 6 nitrogen and oxygen atoms in total. The second-order valence-electron chi connectivity index (χ2n) is 7.48. The van der Waals surface area contributed by atoms with Gasteiger partial charge in [-0.1, -0.05) is 6.92 Å². The molecule has 0 unspecified atom stereocenters. The molecule has 4 rings (SSSR count). The van der Waals surface area contributed by atoms with Crippen molar-refractivity contribution >= 4 is 16.7 Å². The Hall–Kier alpha value is -2.90. The highest BCUT2D eigenvalue weighted by Crippen LogP contribution is 2.26. The number of anilines is 1. The van der Waals surface area contributed by atoms with Gasteiger partial charge in [0.25, 0.3) is 5.56 Å². The molecule has 0 saturated carbocycles. The van der Waals surface area contributed by atoms with Gasteiger partial charge < -0.3 is 4.90 Å². The summed E-state index contributed by atoms with van der Waals surface area (Å²) in [6, 6.07) is 4.06. The summed E-state index contributed by atoms with van der Waals surface area (Å²) < 4.78 is 29.6. The molecule has 0 aliphatic carbocycles. The van der Waals surface area contributed by atoms with Gasteiger partial charge in [-0.05, 0) is 44.2 Å². The van der Waals surface area contributed by atoms with E-state index in [-0.39, 0.29) is 17.3 Å². The van der Waals surface area contributed by atoms with Crippen molar-refractivity contribution in [2.24, 2.45) is 5.92 Å². The lowest BCUT2D eigenvalue weighted by Gasteiger charge is -2.33. The van der Waals surface area contributed by atoms with Gasteiger partial charge in [-0.2, -0.15) is 0 Å². The highest BCUT2D eigenvalue weighted by atomic mass is 19.1. The Morgan fingerprint density at radius 3 is 2.66 bits per heavy atom. The predicted octanol–water partition coefficient (Wildman–Crippen LogP) is 3.25. The normalized spacial score (nSPS) is 15.2. The molecule has 2 aromatic heterocycles. The number of halogens is 2. The molecule has 1 saturated heterocycles. The van der Waals surface area contributed by atoms with Gasteiger partial charge in [0.1, 0.15) is 18.0 Å². The predicted molar refractivity (Wildman–Crippen MR) is 107 cm³/mol. The van der Waals surface area contributed by atoms with E-state index in [9.17, 15) is 13.6 Å². The molecular formula is C21H23F2N5O. The summed E-state index contributed by atoms with van der Waals surface area (Å²) in [5, 5.41) is 0.421. The molecule has 0 N–H and O–H groups in total. The van der Waals surface area contributed by atoms with Crippen LogP contribution in [0.1, 0.15) is 31.3 Å². The summed E-state index contributed by atoms with van der Waals surface area (Å²) >= 11 is 0. The zero-order valence-electron chi connectivity index (χ0n) is 16.5. The number of rotatable bonds is 4. The van der Waals surface area contributed by atoms with E-state index in [0.29, 0.717) is 54.3 Å². The Balaban J connectivity index is 1.51. The first-order chi connectivity index (χ1) is 14.0. The minimum absolute atomic E-state index is 0.149. The van der Waals surface area contributed by atoms with Crippen molar-refractivity contribution in [1.29, 1.82) is 0 Å². The van der Waals surface area contributed by atoms with Crippen molar-refractivity contribution in [1.82, 2.24) is 19.5 Å². The molecule has 1 aliphatic heterocycles. The molecule has 3 aromatic rings. The van der Waals surface area contributed by atoms with Crippen LogP contribution >= 0.6 is 0 Å². The largest absolute Gasteiger partial charge is 0.354 e. The number of nitrogens with zero attached hydrogens (tertiary/aromatic N) is 5. The standard InChI is InChI=1S/C21H23F2N5O/c1-3-17-19(23)20(25-12-24-17)27-8-6-14(7-9-27)11-28-13(2)26-18-10-15(22)4-5-16(18)21(28)29/h4-5,10,12,14H,3,6-9,11H2,1-2H3. The van der Waals surface area contributed by atoms with Crippen LogP contribution in [0.2, 0.25) is 0 Å². The zero-order chi connectivity index (χ0) is 20.5. The highest BCUT2D eigenvalue weighted by Gasteiger charge is 2.24. The highest BCUT2D eigenvalue weighted by molar-refractivity contribution is 5.77. The summed E-state index contributed by atoms with van der Waals surface area (Å²) in [6.45, 7) is 5.52. The van der Waals surface area contributed by atoms with Crippen LogP contribution in [0.3, 0.4) is 0 Å². The molecule has 152 valence electrons. The molecule has 0 radical (unpaired) electrons. The van der Waals surface area contributed by atoms with E-state index < -0.39 is 5.82 Å². The number of hydrogen-bond donors (Lipinski definition) is 0. The lowest BCUT2D eigenvalue weighted by atomic mass is 9.96. The van der Waals surface area contributed by atoms with E-state index in [1.807, 2.05) is 11.8 Å². The van der Waals surface area contributed by atoms with Crippen LogP contribution in [0.25, 0.3) is 10.9 Å². The van der Waals surface area contributed by atoms with Crippen LogP contribution in [-0.4, -0.2) is 32.6 Å². The van der Waals surface area contributed by atoms with Crippen molar-refractivity contribution < 1.29 is 8.78 Å². The summed E-state index contributed by atoms with van der Waals surface area (Å²) in [4.78, 5) is 27.3. The Bertz CT molecular complexity index is 1110. The Kier molecular flexibility index (Phi) is 5.25. The maximum absolute atomic E-state index is 14.5. The molecular weight excluding hydrogens is 376 g/mol. The van der Waals surface area contributed by atoms with E-state index in [1.165, 1.54) is 24.5 Å². The number of piperidine rings is 1. The first-order valence-electron chi connectivity index (χ1n) is 9.89. The molecule has 0 atom stereocenters. The lowest BCUT2D eigenvalue weighted by Crippen LogP contribution is -2.38. The molecule has 0 amide bonds. The fraction of sp³-hybridized carbons (Fsp3) is 0.429. The van der Waals surface area contributed by atoms with E-state index in [1.54, 1.807) is 11.5 Å². The third-order valence-electron chi connectivity index (χ3n) is 5.64. The van der Waals surface area contributed by atoms with E-state index in [0.717, 1.165) is 12.8 Å². The molecule has 1 aromatic carbocycles. The Labute approximate surface area is 167 Å². The van der Waals surface area contributed by atoms with Gasteiger partial charge in [0.05, 0.1) is 16.6 Å². The van der Waals surface area contributed by atoms with Gasteiger partial charge in [-0.3, -0.25) is 9.36 Å². The number of benzene rings is 1. The minimum atomic E-state index is -0.405. The van der Waals surface area contributed by atoms with Gasteiger partial charge in [0.15, 0.2) is 11.6 Å². The third-order valence-corrected chi connectivity index (χ3v) is 5.64. The topological polar surface area (TPSA) is 63.9 Å². The zero-order valence-corrected chi connectivity index (χ0v) is 16.5. The Morgan fingerprint density at radius 2 is 1.93 bits per heavy atom. The summed E-state index contributed by atoms with van der Waals surface area (Å²) in [5.41, 5.74) is 0.659. The maximum Gasteiger partial charge on any atom is 0.261 e. The van der Waals surface area contributed by atoms with Crippen molar-refractivity contribution in [2.45, 2.75) is 39.7 Å². The van der Waals surface area contributed by atoms with E-state index in [2.05, 4.69) is 15.0 Å². The lowest BCUT2D eigenvalue weighted by molar-refractivity contribution is 0.346. The summed E-state index contributed by atoms with van der Waals surface area (Å²) in [6.07, 6.45) is 3.57. The molecule has 1 fully saturated rings. The van der Waals surface area contributed by atoms with Gasteiger partial charge in [-0.15, -0.1) is 0 Å². The molecule has 3 heterocycles. The second kappa shape index (κ2) is 7.85. The summed E-state index contributed by atoms with van der Waals surface area (Å²) in [5.74, 6) is 0.462. The minimum Gasteiger partial charge on any atom is -0.354 e. The number of hydrogen-bond acceptors (Lipinski definition) is 5. The van der Waals surface area contributed by atoms with Gasteiger partial charge >= 0.3 is 0 Å². The smallest absolute Gasteiger partial charge is 0.261 e. The van der Waals surface area contributed by atoms with Crippen LogP contribution in [0, 0.1) is 24.5 Å². The van der Waals surface area contributed by atoms with Crippen molar-refractivity contribution in [3.8, 4) is 0 Å². The van der Waals surface area contributed by atoms with E-state index >= 15 is 0 Å². The fourth-order valence-corrected chi connectivity index (χ4v) is 3.97. The number of fused-ring (bicyclic) bond motifs is 1. The van der Waals surface area contributed by atoms with Gasteiger partial charge in [-0.25, -0.2) is 23.7 Å². The van der Waals surface area contributed by atoms with Crippen molar-refractivity contribution in [3.05, 3.63) is 58.0 Å². The number of aryl methyl sites for hydroxylation is 2. The fourth-order valence-electron chi connectivity index (χ4n) is 3.97. The molecule has 0 bridgehead atoms. The van der Waals surface area contributed by atoms with Crippen molar-refractivity contribution in [3.63, 3.8) is 0 Å². The average molecular weight is 399 g/mol. The van der Waals surface area contributed by atoms with Gasteiger partial charge in [0.2, 0.25) is 0 Å². The van der Waals surface area contributed by atoms with Crippen LogP contribution in [-0.2, 0) is 13.0 Å². The first kappa shape index (κ1) is 19.4. The molecule has 8 heteroatoms. The number of aromatic nitrogens is 4. The third kappa shape index (κ3) is 3.71. The second-order valence-corrected chi connectivity index (χ2v) is 7.48. The SMILES string of the molecule is CCc1ncnc(N2CCC(Cn3c(C)nc4cc(F)ccc4c3=O)CC2)c1F. The maximum atomic E-state index is 14.5. The van der Waals surface area contributed by atoms with Crippen LogP contribution in [0.15, 0.2) is 29.3 Å². The molecule has 0 spiro atoms. The van der Waals surface area contributed by atoms with Crippen LogP contribution in [0.4, 0.5) is 14.6 Å². The monoisotopic (exact) mass is 399 g/mol. The van der Waals surface area contributed by atoms with Crippen LogP contribution in [0.5, 0.6) is 0 Å². The first-order valence-corrected chi connectivity index (χ1v) is 9.89. The summed E-state index contributed by atoms with van der Waals surface area (Å²) in [7, 11) is 0. The Morgan fingerprint density at radius 1 is 1.17 bits per heavy atom. The van der Waals surface area contributed by atoms with Crippen LogP contribution < -0.4 is 10.5 Å². The average Bonchev–Trinajstić information content (AvgIpc) is 2.71.